The number of hydrogen-bond donors (Lipinski definition) is 0. The van der Waals surface area contributed by atoms with Gasteiger partial charge in [0.1, 0.15) is 6.61 Å². The summed E-state index contributed by atoms with van der Waals surface area (Å²) in [5.41, 5.74) is 7.21. The minimum absolute atomic E-state index is 0.0480. The van der Waals surface area contributed by atoms with Crippen LogP contribution >= 0.6 is 0 Å². The second kappa shape index (κ2) is 6.86. The molecule has 4 rings (SSSR count). The summed E-state index contributed by atoms with van der Waals surface area (Å²) in [4.78, 5) is 26.8. The Hall–Kier alpha value is -3.02. The zero-order chi connectivity index (χ0) is 20.0. The molecule has 0 saturated heterocycles. The maximum atomic E-state index is 13.2. The lowest BCUT2D eigenvalue weighted by molar-refractivity contribution is 0.0664. The molecule has 0 aliphatic carbocycles. The van der Waals surface area contributed by atoms with E-state index in [1.54, 1.807) is 0 Å². The van der Waals surface area contributed by atoms with Crippen molar-refractivity contribution in [2.45, 2.75) is 39.5 Å². The predicted molar refractivity (Wildman–Crippen MR) is 107 cm³/mol. The Balaban J connectivity index is 1.84. The third-order valence-electron chi connectivity index (χ3n) is 5.83. The number of carbonyl (C=O) groups is 1. The first kappa shape index (κ1) is 18.3. The average Bonchev–Trinajstić information content (AvgIpc) is 3.07. The number of anilines is 1. The van der Waals surface area contributed by atoms with E-state index < -0.39 is 6.16 Å². The Kier molecular flexibility index (Phi) is 4.49. The van der Waals surface area contributed by atoms with Gasteiger partial charge in [-0.2, -0.15) is 0 Å². The van der Waals surface area contributed by atoms with Gasteiger partial charge in [0, 0.05) is 30.5 Å². The maximum absolute atomic E-state index is 13.2. The number of nitrogens with zero attached hydrogens (tertiary/aromatic N) is 2. The quantitative estimate of drug-likeness (QED) is 0.758. The Morgan fingerprint density at radius 2 is 2.04 bits per heavy atom. The SMILES string of the molecule is CCC1=C2Cn3c(cc(C)c(COC(=O)OC)c3=O)C2N(C)c2ccccc21. The normalized spacial score (nSPS) is 17.1. The van der Waals surface area contributed by atoms with E-state index >= 15 is 0 Å². The van der Waals surface area contributed by atoms with Crippen molar-refractivity contribution < 1.29 is 14.3 Å². The van der Waals surface area contributed by atoms with Crippen LogP contribution in [0.25, 0.3) is 5.57 Å². The standard InChI is InChI=1S/C22H24N2O4/c1-5-14-15-8-6-7-9-18(15)23(3)20-16(14)11-24-19(20)10-13(2)17(21(24)25)12-28-22(26)27-4/h6-10,20H,5,11-12H2,1-4H3. The molecule has 6 nitrogen and oxygen atoms in total. The van der Waals surface area contributed by atoms with Gasteiger partial charge in [0.05, 0.1) is 18.7 Å². The Morgan fingerprint density at radius 1 is 1.29 bits per heavy atom. The van der Waals surface area contributed by atoms with Crippen LogP contribution in [0.1, 0.15) is 41.8 Å². The fourth-order valence-corrected chi connectivity index (χ4v) is 4.48. The van der Waals surface area contributed by atoms with Crippen LogP contribution in [0.15, 0.2) is 40.7 Å². The van der Waals surface area contributed by atoms with Gasteiger partial charge in [0.2, 0.25) is 0 Å². The lowest BCUT2D eigenvalue weighted by Gasteiger charge is -2.36. The van der Waals surface area contributed by atoms with Gasteiger partial charge in [0.25, 0.3) is 5.56 Å². The first-order valence-electron chi connectivity index (χ1n) is 9.46. The van der Waals surface area contributed by atoms with Gasteiger partial charge in [-0.15, -0.1) is 0 Å². The number of para-hydroxylation sites is 1. The molecule has 3 heterocycles. The highest BCUT2D eigenvalue weighted by Crippen LogP contribution is 2.48. The summed E-state index contributed by atoms with van der Waals surface area (Å²) in [5.74, 6) is 0. The molecular formula is C22H24N2O4. The molecule has 0 fully saturated rings. The molecule has 1 unspecified atom stereocenters. The predicted octanol–water partition coefficient (Wildman–Crippen LogP) is 3.81. The molecule has 0 radical (unpaired) electrons. The smallest absolute Gasteiger partial charge is 0.438 e. The number of benzene rings is 1. The number of allylic oxidation sites excluding steroid dienone is 1. The second-order valence-electron chi connectivity index (χ2n) is 7.25. The molecule has 28 heavy (non-hydrogen) atoms. The zero-order valence-electron chi connectivity index (χ0n) is 16.6. The maximum Gasteiger partial charge on any atom is 0.508 e. The summed E-state index contributed by atoms with van der Waals surface area (Å²) in [6.07, 6.45) is 0.126. The van der Waals surface area contributed by atoms with E-state index in [0.29, 0.717) is 12.1 Å². The molecule has 2 aliphatic heterocycles. The van der Waals surface area contributed by atoms with Crippen LogP contribution in [0, 0.1) is 6.92 Å². The van der Waals surface area contributed by atoms with Crippen molar-refractivity contribution in [3.8, 4) is 0 Å². The van der Waals surface area contributed by atoms with Crippen molar-refractivity contribution in [3.63, 3.8) is 0 Å². The van der Waals surface area contributed by atoms with Gasteiger partial charge in [-0.3, -0.25) is 4.79 Å². The van der Waals surface area contributed by atoms with E-state index in [1.165, 1.54) is 29.5 Å². The number of pyridine rings is 1. The highest BCUT2D eigenvalue weighted by Gasteiger charge is 2.38. The average molecular weight is 380 g/mol. The number of carbonyl (C=O) groups excluding carboxylic acids is 1. The summed E-state index contributed by atoms with van der Waals surface area (Å²) in [6.45, 7) is 4.52. The van der Waals surface area contributed by atoms with Gasteiger partial charge in [0.15, 0.2) is 0 Å². The first-order chi connectivity index (χ1) is 13.5. The fraction of sp³-hybridized carbons (Fsp3) is 0.364. The fourth-order valence-electron chi connectivity index (χ4n) is 4.48. The minimum Gasteiger partial charge on any atom is -0.438 e. The van der Waals surface area contributed by atoms with Crippen LogP contribution in [0.2, 0.25) is 0 Å². The summed E-state index contributed by atoms with van der Waals surface area (Å²) < 4.78 is 11.4. The van der Waals surface area contributed by atoms with Crippen molar-refractivity contribution in [3.05, 3.63) is 68.6 Å². The number of rotatable bonds is 3. The van der Waals surface area contributed by atoms with E-state index in [9.17, 15) is 9.59 Å². The van der Waals surface area contributed by atoms with Crippen molar-refractivity contribution in [1.82, 2.24) is 4.57 Å². The van der Waals surface area contributed by atoms with Gasteiger partial charge in [-0.25, -0.2) is 4.79 Å². The molecule has 6 heteroatoms. The molecule has 1 atom stereocenters. The second-order valence-corrected chi connectivity index (χ2v) is 7.25. The van der Waals surface area contributed by atoms with Crippen molar-refractivity contribution in [2.24, 2.45) is 0 Å². The first-order valence-corrected chi connectivity index (χ1v) is 9.46. The van der Waals surface area contributed by atoms with E-state index in [1.807, 2.05) is 23.6 Å². The van der Waals surface area contributed by atoms with Crippen LogP contribution < -0.4 is 10.5 Å². The number of fused-ring (bicyclic) bond motifs is 4. The van der Waals surface area contributed by atoms with Crippen LogP contribution in [-0.2, 0) is 22.6 Å². The summed E-state index contributed by atoms with van der Waals surface area (Å²) >= 11 is 0. The summed E-state index contributed by atoms with van der Waals surface area (Å²) in [7, 11) is 3.33. The summed E-state index contributed by atoms with van der Waals surface area (Å²) in [5, 5.41) is 0. The molecule has 1 aromatic heterocycles. The number of hydrogen-bond acceptors (Lipinski definition) is 5. The monoisotopic (exact) mass is 380 g/mol. The summed E-state index contributed by atoms with van der Waals surface area (Å²) in [6, 6.07) is 10.5. The molecule has 0 amide bonds. The molecule has 0 N–H and O–H groups in total. The molecule has 0 saturated carbocycles. The third kappa shape index (κ3) is 2.63. The van der Waals surface area contributed by atoms with E-state index in [-0.39, 0.29) is 18.2 Å². The minimum atomic E-state index is -0.788. The molecule has 0 bridgehead atoms. The Morgan fingerprint density at radius 3 is 2.75 bits per heavy atom. The zero-order valence-corrected chi connectivity index (χ0v) is 16.6. The number of likely N-dealkylation sites (N-methyl/N-ethyl adjacent to an activating group) is 1. The molecule has 1 aromatic carbocycles. The number of ether oxygens (including phenoxy) is 2. The third-order valence-corrected chi connectivity index (χ3v) is 5.83. The number of aryl methyl sites for hydroxylation is 1. The molecule has 0 spiro atoms. The van der Waals surface area contributed by atoms with Gasteiger partial charge < -0.3 is 18.9 Å². The van der Waals surface area contributed by atoms with Crippen molar-refractivity contribution in [2.75, 3.05) is 19.1 Å². The van der Waals surface area contributed by atoms with Crippen LogP contribution in [0.5, 0.6) is 0 Å². The molecule has 2 aliphatic rings. The number of methoxy groups -OCH3 is 1. The lowest BCUT2D eigenvalue weighted by Crippen LogP contribution is -2.30. The Bertz CT molecular complexity index is 1050. The number of aromatic nitrogens is 1. The molecule has 2 aromatic rings. The molecular weight excluding hydrogens is 356 g/mol. The van der Waals surface area contributed by atoms with E-state index in [0.717, 1.165) is 17.7 Å². The lowest BCUT2D eigenvalue weighted by atomic mass is 9.87. The van der Waals surface area contributed by atoms with Gasteiger partial charge >= 0.3 is 6.16 Å². The van der Waals surface area contributed by atoms with Crippen LogP contribution in [0.4, 0.5) is 10.5 Å². The van der Waals surface area contributed by atoms with Crippen molar-refractivity contribution in [1.29, 1.82) is 0 Å². The highest BCUT2D eigenvalue weighted by atomic mass is 16.7. The topological polar surface area (TPSA) is 60.8 Å². The van der Waals surface area contributed by atoms with Gasteiger partial charge in [-0.05, 0) is 42.2 Å². The Labute approximate surface area is 164 Å². The van der Waals surface area contributed by atoms with Crippen LogP contribution in [0.3, 0.4) is 0 Å². The van der Waals surface area contributed by atoms with E-state index in [4.69, 9.17) is 4.74 Å². The largest absolute Gasteiger partial charge is 0.508 e. The van der Waals surface area contributed by atoms with Crippen LogP contribution in [-0.4, -0.2) is 24.9 Å². The van der Waals surface area contributed by atoms with Crippen molar-refractivity contribution >= 4 is 17.4 Å². The molecule has 146 valence electrons. The van der Waals surface area contributed by atoms with Gasteiger partial charge in [-0.1, -0.05) is 25.1 Å². The van der Waals surface area contributed by atoms with E-state index in [2.05, 4.69) is 41.8 Å². The highest BCUT2D eigenvalue weighted by molar-refractivity contribution is 5.84.